The van der Waals surface area contributed by atoms with Crippen LogP contribution in [-0.4, -0.2) is 12.6 Å². The second-order valence-electron chi connectivity index (χ2n) is 7.77. The van der Waals surface area contributed by atoms with Gasteiger partial charge in [0.25, 0.3) is 0 Å². The molecular formula is C23H36O2. The minimum absolute atomic E-state index is 0.0936. The normalized spacial score (nSPS) is 21.7. The number of carbonyl (C=O) groups excluding carboxylic acids is 1. The van der Waals surface area contributed by atoms with E-state index in [1.165, 1.54) is 44.1 Å². The molecule has 1 aromatic rings. The molecule has 0 saturated heterocycles. The summed E-state index contributed by atoms with van der Waals surface area (Å²) in [5, 5.41) is 0. The number of unbranched alkanes of at least 4 members (excludes halogenated alkanes) is 2. The van der Waals surface area contributed by atoms with Gasteiger partial charge in [0.15, 0.2) is 0 Å². The Hall–Kier alpha value is -1.31. The van der Waals surface area contributed by atoms with Crippen LogP contribution >= 0.6 is 0 Å². The van der Waals surface area contributed by atoms with Crippen LogP contribution in [0.5, 0.6) is 0 Å². The molecule has 1 atom stereocenters. The molecule has 0 aliphatic heterocycles. The maximum atomic E-state index is 12.2. The summed E-state index contributed by atoms with van der Waals surface area (Å²) in [4.78, 5) is 12.2. The first-order valence-corrected chi connectivity index (χ1v) is 10.4. The molecule has 1 saturated carbocycles. The predicted molar refractivity (Wildman–Crippen MR) is 105 cm³/mol. The number of ether oxygens (including phenoxy) is 1. The van der Waals surface area contributed by atoms with Crippen LogP contribution in [0.15, 0.2) is 24.3 Å². The topological polar surface area (TPSA) is 26.3 Å². The highest BCUT2D eigenvalue weighted by Crippen LogP contribution is 2.37. The first-order valence-electron chi connectivity index (χ1n) is 10.4. The molecule has 140 valence electrons. The van der Waals surface area contributed by atoms with E-state index in [-0.39, 0.29) is 11.9 Å². The molecule has 2 nitrogen and oxygen atoms in total. The van der Waals surface area contributed by atoms with Crippen LogP contribution in [-0.2, 0) is 9.53 Å². The average molecular weight is 345 g/mol. The van der Waals surface area contributed by atoms with Crippen molar-refractivity contribution in [1.29, 1.82) is 0 Å². The third-order valence-corrected chi connectivity index (χ3v) is 5.80. The number of hydrogen-bond acceptors (Lipinski definition) is 2. The predicted octanol–water partition coefficient (Wildman–Crippen LogP) is 6.60. The molecule has 2 rings (SSSR count). The number of esters is 1. The van der Waals surface area contributed by atoms with Gasteiger partial charge in [-0.05, 0) is 62.0 Å². The zero-order valence-corrected chi connectivity index (χ0v) is 16.4. The molecule has 0 N–H and O–H groups in total. The summed E-state index contributed by atoms with van der Waals surface area (Å²) >= 11 is 0. The first-order chi connectivity index (χ1) is 12.2. The van der Waals surface area contributed by atoms with Crippen LogP contribution in [0.4, 0.5) is 0 Å². The van der Waals surface area contributed by atoms with E-state index < -0.39 is 0 Å². The van der Waals surface area contributed by atoms with Crippen molar-refractivity contribution in [3.63, 3.8) is 0 Å². The quantitative estimate of drug-likeness (QED) is 0.373. The van der Waals surface area contributed by atoms with Gasteiger partial charge in [-0.15, -0.1) is 0 Å². The maximum absolute atomic E-state index is 12.2. The Kier molecular flexibility index (Phi) is 8.51. The standard InChI is InChI=1S/C23H36O2/c1-4-6-7-17-25-23(24)18(3)20-13-15-22(16-14-20)21-11-9-19(8-5-2)10-12-21/h13-16,18-19,21H,4-12,17H2,1-3H3. The fourth-order valence-corrected chi connectivity index (χ4v) is 4.04. The highest BCUT2D eigenvalue weighted by atomic mass is 16.5. The fraction of sp³-hybridized carbons (Fsp3) is 0.696. The molecule has 1 fully saturated rings. The van der Waals surface area contributed by atoms with Gasteiger partial charge in [0.05, 0.1) is 12.5 Å². The second-order valence-corrected chi connectivity index (χ2v) is 7.77. The summed E-state index contributed by atoms with van der Waals surface area (Å²) in [5.74, 6) is 1.39. The molecule has 25 heavy (non-hydrogen) atoms. The Balaban J connectivity index is 1.83. The maximum Gasteiger partial charge on any atom is 0.313 e. The Bertz CT molecular complexity index is 497. The number of benzene rings is 1. The van der Waals surface area contributed by atoms with Crippen molar-refractivity contribution in [3.8, 4) is 0 Å². The van der Waals surface area contributed by atoms with Gasteiger partial charge in [-0.3, -0.25) is 4.79 Å². The van der Waals surface area contributed by atoms with Crippen LogP contribution in [0.2, 0.25) is 0 Å². The molecule has 1 unspecified atom stereocenters. The van der Waals surface area contributed by atoms with E-state index in [0.717, 1.165) is 30.7 Å². The zero-order chi connectivity index (χ0) is 18.1. The first kappa shape index (κ1) is 20.0. The van der Waals surface area contributed by atoms with E-state index in [4.69, 9.17) is 4.74 Å². The number of rotatable bonds is 9. The molecule has 1 aromatic carbocycles. The number of hydrogen-bond donors (Lipinski definition) is 0. The molecule has 1 aliphatic rings. The minimum Gasteiger partial charge on any atom is -0.465 e. The van der Waals surface area contributed by atoms with Crippen molar-refractivity contribution < 1.29 is 9.53 Å². The van der Waals surface area contributed by atoms with E-state index in [1.54, 1.807) is 0 Å². The summed E-state index contributed by atoms with van der Waals surface area (Å²) in [6.07, 6.45) is 11.3. The lowest BCUT2D eigenvalue weighted by atomic mass is 9.77. The van der Waals surface area contributed by atoms with Crippen molar-refractivity contribution in [2.45, 2.75) is 90.4 Å². The van der Waals surface area contributed by atoms with Crippen molar-refractivity contribution >= 4 is 5.97 Å². The highest BCUT2D eigenvalue weighted by molar-refractivity contribution is 5.77. The molecule has 0 aromatic heterocycles. The minimum atomic E-state index is -0.170. The Morgan fingerprint density at radius 1 is 1.04 bits per heavy atom. The lowest BCUT2D eigenvalue weighted by Gasteiger charge is -2.28. The molecule has 0 radical (unpaired) electrons. The van der Waals surface area contributed by atoms with Gasteiger partial charge in [0.1, 0.15) is 0 Å². The zero-order valence-electron chi connectivity index (χ0n) is 16.4. The summed E-state index contributed by atoms with van der Waals surface area (Å²) in [6.45, 7) is 6.95. The van der Waals surface area contributed by atoms with Crippen LogP contribution < -0.4 is 0 Å². The smallest absolute Gasteiger partial charge is 0.313 e. The monoisotopic (exact) mass is 344 g/mol. The molecular weight excluding hydrogens is 308 g/mol. The van der Waals surface area contributed by atoms with Gasteiger partial charge >= 0.3 is 5.97 Å². The molecule has 1 aliphatic carbocycles. The van der Waals surface area contributed by atoms with Gasteiger partial charge in [0.2, 0.25) is 0 Å². The highest BCUT2D eigenvalue weighted by Gasteiger charge is 2.22. The van der Waals surface area contributed by atoms with Gasteiger partial charge < -0.3 is 4.74 Å². The van der Waals surface area contributed by atoms with Crippen LogP contribution in [0.25, 0.3) is 0 Å². The van der Waals surface area contributed by atoms with Crippen molar-refractivity contribution in [2.75, 3.05) is 6.61 Å². The molecule has 2 heteroatoms. The van der Waals surface area contributed by atoms with Gasteiger partial charge in [-0.1, -0.05) is 63.8 Å². The molecule has 0 amide bonds. The molecule has 0 spiro atoms. The lowest BCUT2D eigenvalue weighted by molar-refractivity contribution is -0.145. The van der Waals surface area contributed by atoms with Crippen molar-refractivity contribution in [2.24, 2.45) is 5.92 Å². The van der Waals surface area contributed by atoms with Crippen molar-refractivity contribution in [3.05, 3.63) is 35.4 Å². The largest absolute Gasteiger partial charge is 0.465 e. The molecule has 0 bridgehead atoms. The third-order valence-electron chi connectivity index (χ3n) is 5.80. The van der Waals surface area contributed by atoms with E-state index in [1.807, 2.05) is 6.92 Å². The summed E-state index contributed by atoms with van der Waals surface area (Å²) in [7, 11) is 0. The third kappa shape index (κ3) is 6.17. The van der Waals surface area contributed by atoms with Crippen LogP contribution in [0.3, 0.4) is 0 Å². The SMILES string of the molecule is CCCCCOC(=O)C(C)c1ccc(C2CCC(CCC)CC2)cc1. The second kappa shape index (κ2) is 10.6. The van der Waals surface area contributed by atoms with E-state index >= 15 is 0 Å². The van der Waals surface area contributed by atoms with E-state index in [2.05, 4.69) is 38.1 Å². The lowest BCUT2D eigenvalue weighted by Crippen LogP contribution is -2.15. The van der Waals surface area contributed by atoms with Crippen molar-refractivity contribution in [1.82, 2.24) is 0 Å². The fourth-order valence-electron chi connectivity index (χ4n) is 4.04. The Labute approximate surface area is 154 Å². The van der Waals surface area contributed by atoms with E-state index in [0.29, 0.717) is 12.5 Å². The van der Waals surface area contributed by atoms with E-state index in [9.17, 15) is 4.79 Å². The summed E-state index contributed by atoms with van der Waals surface area (Å²) < 4.78 is 5.40. The summed E-state index contributed by atoms with van der Waals surface area (Å²) in [6, 6.07) is 8.74. The van der Waals surface area contributed by atoms with Crippen LogP contribution in [0.1, 0.15) is 102 Å². The average Bonchev–Trinajstić information content (AvgIpc) is 2.65. The Morgan fingerprint density at radius 2 is 1.72 bits per heavy atom. The van der Waals surface area contributed by atoms with Gasteiger partial charge in [0, 0.05) is 0 Å². The van der Waals surface area contributed by atoms with Gasteiger partial charge in [-0.2, -0.15) is 0 Å². The Morgan fingerprint density at radius 3 is 2.32 bits per heavy atom. The number of carbonyl (C=O) groups is 1. The van der Waals surface area contributed by atoms with Gasteiger partial charge in [-0.25, -0.2) is 0 Å². The van der Waals surface area contributed by atoms with Crippen LogP contribution in [0, 0.1) is 5.92 Å². The summed E-state index contributed by atoms with van der Waals surface area (Å²) in [5.41, 5.74) is 2.52. The molecule has 0 heterocycles.